The molecule has 2 N–H and O–H groups in total. The molecule has 2 aromatic rings. The summed E-state index contributed by atoms with van der Waals surface area (Å²) in [5.41, 5.74) is 2.31. The zero-order chi connectivity index (χ0) is 24.4. The molecule has 1 fully saturated rings. The third-order valence-electron chi connectivity index (χ3n) is 5.91. The summed E-state index contributed by atoms with van der Waals surface area (Å²) in [5.74, 6) is 0.0933. The Kier molecular flexibility index (Phi) is 7.76. The third-order valence-corrected chi connectivity index (χ3v) is 8.86. The fraction of sp³-hybridized carbons (Fsp3) is 0.500. The molecule has 0 spiro atoms. The Hall–Kier alpha value is -2.10. The molecule has 0 aromatic heterocycles. The molecule has 7 nitrogen and oxygen atoms in total. The summed E-state index contributed by atoms with van der Waals surface area (Å²) in [5, 5.41) is 9.82. The van der Waals surface area contributed by atoms with Crippen molar-refractivity contribution in [2.24, 2.45) is 5.92 Å². The van der Waals surface area contributed by atoms with Crippen molar-refractivity contribution < 1.29 is 17.7 Å². The lowest BCUT2D eigenvalue weighted by atomic mass is 10.1. The first-order valence-corrected chi connectivity index (χ1v) is 14.8. The van der Waals surface area contributed by atoms with Crippen LogP contribution in [0.3, 0.4) is 0 Å². The number of nitrogens with one attached hydrogen (secondary N) is 1. The maximum atomic E-state index is 13.8. The highest BCUT2D eigenvalue weighted by Crippen LogP contribution is 2.33. The van der Waals surface area contributed by atoms with Crippen molar-refractivity contribution in [1.29, 1.82) is 4.78 Å². The Balaban J connectivity index is 2.07. The van der Waals surface area contributed by atoms with Gasteiger partial charge in [0.2, 0.25) is 0 Å². The molecule has 0 amide bonds. The molecule has 1 aliphatic heterocycles. The second kappa shape index (κ2) is 10.0. The van der Waals surface area contributed by atoms with Gasteiger partial charge < -0.3 is 10.0 Å². The van der Waals surface area contributed by atoms with Crippen LogP contribution in [0.5, 0.6) is 0 Å². The van der Waals surface area contributed by atoms with Crippen molar-refractivity contribution in [3.63, 3.8) is 0 Å². The average molecular weight is 494 g/mol. The Morgan fingerprint density at radius 3 is 2.21 bits per heavy atom. The van der Waals surface area contributed by atoms with Gasteiger partial charge in [0, 0.05) is 25.9 Å². The summed E-state index contributed by atoms with van der Waals surface area (Å²) in [6.45, 7) is 7.41. The molecule has 33 heavy (non-hydrogen) atoms. The van der Waals surface area contributed by atoms with E-state index in [1.54, 1.807) is 6.07 Å². The molecular weight excluding hydrogens is 458 g/mol. The molecule has 0 radical (unpaired) electrons. The van der Waals surface area contributed by atoms with Gasteiger partial charge in [0.25, 0.3) is 10.0 Å². The molecule has 1 unspecified atom stereocenters. The first-order valence-electron chi connectivity index (χ1n) is 11.4. The maximum Gasteiger partial charge on any atom is 0.264 e. The van der Waals surface area contributed by atoms with Crippen LogP contribution in [0, 0.1) is 10.7 Å². The van der Waals surface area contributed by atoms with Crippen LogP contribution in [-0.4, -0.2) is 49.7 Å². The highest BCUT2D eigenvalue weighted by Gasteiger charge is 2.29. The number of aliphatic hydroxyl groups is 1. The minimum Gasteiger partial charge on any atom is -0.393 e. The van der Waals surface area contributed by atoms with E-state index in [9.17, 15) is 17.7 Å². The maximum absolute atomic E-state index is 13.8. The monoisotopic (exact) mass is 493 g/mol. The first kappa shape index (κ1) is 25.5. The van der Waals surface area contributed by atoms with E-state index in [-0.39, 0.29) is 21.8 Å². The average Bonchev–Trinajstić information content (AvgIpc) is 2.77. The lowest BCUT2D eigenvalue weighted by Gasteiger charge is -2.33. The number of anilines is 2. The SMILES string of the molecule is CCc1ccc(N(CC(C)C)S(=O)(=O)c2ccc(N3CCC(O)CC3)c(S(C)(=N)=O)c2)cc1. The van der Waals surface area contributed by atoms with Gasteiger partial charge in [0.05, 0.1) is 37.0 Å². The fourth-order valence-electron chi connectivity index (χ4n) is 4.03. The highest BCUT2D eigenvalue weighted by molar-refractivity contribution is 7.93. The minimum atomic E-state index is -3.94. The largest absolute Gasteiger partial charge is 0.393 e. The predicted octanol–water partition coefficient (Wildman–Crippen LogP) is 4.10. The van der Waals surface area contributed by atoms with E-state index >= 15 is 0 Å². The molecule has 9 heteroatoms. The first-order chi connectivity index (χ1) is 15.4. The van der Waals surface area contributed by atoms with E-state index in [2.05, 4.69) is 0 Å². The normalized spacial score (nSPS) is 17.2. The van der Waals surface area contributed by atoms with Crippen molar-refractivity contribution in [2.75, 3.05) is 35.1 Å². The van der Waals surface area contributed by atoms with Crippen LogP contribution < -0.4 is 9.21 Å². The highest BCUT2D eigenvalue weighted by atomic mass is 32.2. The van der Waals surface area contributed by atoms with Crippen LogP contribution >= 0.6 is 0 Å². The van der Waals surface area contributed by atoms with Crippen LogP contribution in [-0.2, 0) is 26.2 Å². The lowest BCUT2D eigenvalue weighted by Crippen LogP contribution is -2.37. The third kappa shape index (κ3) is 5.88. The van der Waals surface area contributed by atoms with E-state index in [0.29, 0.717) is 43.9 Å². The molecule has 0 saturated carbocycles. The van der Waals surface area contributed by atoms with E-state index in [0.717, 1.165) is 12.0 Å². The zero-order valence-electron chi connectivity index (χ0n) is 19.8. The van der Waals surface area contributed by atoms with Crippen LogP contribution in [0.15, 0.2) is 52.3 Å². The van der Waals surface area contributed by atoms with Gasteiger partial charge in [-0.15, -0.1) is 0 Å². The molecule has 1 aliphatic rings. The summed E-state index contributed by atoms with van der Waals surface area (Å²) in [7, 11) is -7.13. The number of nitrogens with zero attached hydrogens (tertiary/aromatic N) is 2. The Bertz CT molecular complexity index is 1170. The Labute approximate surface area is 198 Å². The Morgan fingerprint density at radius 2 is 1.70 bits per heavy atom. The Morgan fingerprint density at radius 1 is 1.09 bits per heavy atom. The number of hydrogen-bond donors (Lipinski definition) is 2. The smallest absolute Gasteiger partial charge is 0.264 e. The molecule has 0 aliphatic carbocycles. The van der Waals surface area contributed by atoms with Crippen molar-refractivity contribution in [1.82, 2.24) is 0 Å². The molecule has 2 aromatic carbocycles. The number of aryl methyl sites for hydroxylation is 1. The van der Waals surface area contributed by atoms with Gasteiger partial charge in [-0.25, -0.2) is 17.4 Å². The molecule has 1 atom stereocenters. The minimum absolute atomic E-state index is 0.0281. The standard InChI is InChI=1S/C24H35N3O4S2/c1-5-19-6-8-20(9-7-19)27(17-18(2)3)33(30,31)22-10-11-23(24(16-22)32(4,25)29)26-14-12-21(28)13-15-26/h6-11,16,18,21,25,28H,5,12-15,17H2,1-4H3. The summed E-state index contributed by atoms with van der Waals surface area (Å²) in [6, 6.07) is 12.1. The second-order valence-electron chi connectivity index (χ2n) is 9.14. The van der Waals surface area contributed by atoms with Crippen LogP contribution in [0.4, 0.5) is 11.4 Å². The zero-order valence-corrected chi connectivity index (χ0v) is 21.5. The number of benzene rings is 2. The van der Waals surface area contributed by atoms with Gasteiger partial charge in [0.1, 0.15) is 0 Å². The fourth-order valence-corrected chi connectivity index (χ4v) is 6.71. The molecular formula is C24H35N3O4S2. The molecule has 182 valence electrons. The van der Waals surface area contributed by atoms with E-state index < -0.39 is 19.8 Å². The summed E-state index contributed by atoms with van der Waals surface area (Å²) in [6.07, 6.45) is 2.98. The van der Waals surface area contributed by atoms with Crippen LogP contribution in [0.1, 0.15) is 39.2 Å². The van der Waals surface area contributed by atoms with Gasteiger partial charge in [-0.1, -0.05) is 32.9 Å². The van der Waals surface area contributed by atoms with Gasteiger partial charge in [-0.2, -0.15) is 0 Å². The summed E-state index contributed by atoms with van der Waals surface area (Å²) < 4.78 is 50.0. The number of aliphatic hydroxyl groups excluding tert-OH is 1. The number of rotatable bonds is 8. The van der Waals surface area contributed by atoms with E-state index in [1.807, 2.05) is 49.9 Å². The summed E-state index contributed by atoms with van der Waals surface area (Å²) in [4.78, 5) is 2.22. The topological polar surface area (TPSA) is 102 Å². The molecule has 3 rings (SSSR count). The van der Waals surface area contributed by atoms with Gasteiger partial charge in [-0.05, 0) is 61.1 Å². The number of sulfonamides is 1. The van der Waals surface area contributed by atoms with Crippen molar-refractivity contribution in [3.8, 4) is 0 Å². The van der Waals surface area contributed by atoms with E-state index in [1.165, 1.54) is 22.7 Å². The van der Waals surface area contributed by atoms with Gasteiger partial charge >= 0.3 is 0 Å². The molecule has 1 saturated heterocycles. The predicted molar refractivity (Wildman–Crippen MR) is 134 cm³/mol. The van der Waals surface area contributed by atoms with E-state index in [4.69, 9.17) is 4.78 Å². The summed E-state index contributed by atoms with van der Waals surface area (Å²) >= 11 is 0. The van der Waals surface area contributed by atoms with Crippen LogP contribution in [0.25, 0.3) is 0 Å². The van der Waals surface area contributed by atoms with Gasteiger partial charge in [0.15, 0.2) is 0 Å². The molecule has 0 bridgehead atoms. The van der Waals surface area contributed by atoms with Crippen molar-refractivity contribution in [3.05, 3.63) is 48.0 Å². The lowest BCUT2D eigenvalue weighted by molar-refractivity contribution is 0.145. The van der Waals surface area contributed by atoms with Gasteiger partial charge in [-0.3, -0.25) is 4.31 Å². The quantitative estimate of drug-likeness (QED) is 0.577. The second-order valence-corrected chi connectivity index (χ2v) is 13.1. The van der Waals surface area contributed by atoms with Crippen LogP contribution in [0.2, 0.25) is 0 Å². The van der Waals surface area contributed by atoms with Crippen molar-refractivity contribution >= 4 is 31.1 Å². The number of piperidine rings is 1. The molecule has 1 heterocycles. The van der Waals surface area contributed by atoms with Crippen molar-refractivity contribution in [2.45, 2.75) is 55.9 Å². The number of hydrogen-bond acceptors (Lipinski definition) is 6.